The van der Waals surface area contributed by atoms with Crippen LogP contribution in [0.5, 0.6) is 0 Å². The Hall–Kier alpha value is -2.85. The minimum absolute atomic E-state index is 0.0887. The largest absolute Gasteiger partial charge is 0.320 e. The molecule has 4 aromatic rings. The standard InChI is InChI=1S/C20H16ClN3O/c1-13-16-4-2-5-18(21)19(16)23-20(25)17(13)12-14-6-8-15(9-7-14)24-11-3-10-22-24/h2-11H,12H2,1H3,(H,23,25). The fraction of sp³-hybridized carbons (Fsp3) is 0.100. The third kappa shape index (κ3) is 2.85. The van der Waals surface area contributed by atoms with E-state index < -0.39 is 0 Å². The molecule has 124 valence electrons. The SMILES string of the molecule is Cc1c(Cc2ccc(-n3cccn3)cc2)c(=O)[nH]c2c(Cl)cccc12. The lowest BCUT2D eigenvalue weighted by molar-refractivity contribution is 0.879. The summed E-state index contributed by atoms with van der Waals surface area (Å²) in [5, 5.41) is 5.76. The molecular weight excluding hydrogens is 334 g/mol. The lowest BCUT2D eigenvalue weighted by atomic mass is 9.98. The molecule has 0 atom stereocenters. The Balaban J connectivity index is 1.72. The van der Waals surface area contributed by atoms with E-state index in [1.165, 1.54) is 0 Å². The number of hydrogen-bond donors (Lipinski definition) is 1. The van der Waals surface area contributed by atoms with Crippen molar-refractivity contribution in [3.63, 3.8) is 0 Å². The number of nitrogens with one attached hydrogen (secondary N) is 1. The molecule has 25 heavy (non-hydrogen) atoms. The molecule has 4 nitrogen and oxygen atoms in total. The van der Waals surface area contributed by atoms with E-state index in [9.17, 15) is 4.79 Å². The van der Waals surface area contributed by atoms with Crippen molar-refractivity contribution in [3.05, 3.63) is 93.0 Å². The molecule has 0 aliphatic carbocycles. The molecular formula is C20H16ClN3O. The Kier molecular flexibility index (Phi) is 3.90. The number of benzene rings is 2. The topological polar surface area (TPSA) is 50.7 Å². The number of nitrogens with zero attached hydrogens (tertiary/aromatic N) is 2. The van der Waals surface area contributed by atoms with Crippen molar-refractivity contribution < 1.29 is 0 Å². The van der Waals surface area contributed by atoms with Gasteiger partial charge in [-0.3, -0.25) is 4.79 Å². The lowest BCUT2D eigenvalue weighted by Crippen LogP contribution is -2.15. The summed E-state index contributed by atoms with van der Waals surface area (Å²) in [7, 11) is 0. The number of rotatable bonds is 3. The number of halogens is 1. The Bertz CT molecular complexity index is 1100. The zero-order valence-corrected chi connectivity index (χ0v) is 14.4. The quantitative estimate of drug-likeness (QED) is 0.600. The molecule has 0 aliphatic heterocycles. The van der Waals surface area contributed by atoms with Crippen LogP contribution in [0.4, 0.5) is 0 Å². The molecule has 2 aromatic heterocycles. The molecule has 0 aliphatic rings. The molecule has 0 saturated heterocycles. The Morgan fingerprint density at radius 1 is 1.12 bits per heavy atom. The molecule has 5 heteroatoms. The van der Waals surface area contributed by atoms with Gasteiger partial charge in [0.25, 0.3) is 5.56 Å². The minimum atomic E-state index is -0.0887. The van der Waals surface area contributed by atoms with Gasteiger partial charge in [0.1, 0.15) is 0 Å². The van der Waals surface area contributed by atoms with Crippen LogP contribution in [-0.4, -0.2) is 14.8 Å². The summed E-state index contributed by atoms with van der Waals surface area (Å²) >= 11 is 6.20. The summed E-state index contributed by atoms with van der Waals surface area (Å²) in [6, 6.07) is 15.6. The highest BCUT2D eigenvalue weighted by Gasteiger charge is 2.11. The van der Waals surface area contributed by atoms with Gasteiger partial charge in [-0.25, -0.2) is 4.68 Å². The zero-order chi connectivity index (χ0) is 17.4. The van der Waals surface area contributed by atoms with Gasteiger partial charge in [-0.15, -0.1) is 0 Å². The fourth-order valence-electron chi connectivity index (χ4n) is 3.09. The summed E-state index contributed by atoms with van der Waals surface area (Å²) in [4.78, 5) is 15.5. The summed E-state index contributed by atoms with van der Waals surface area (Å²) in [5.41, 5.74) is 4.41. The number of para-hydroxylation sites is 1. The summed E-state index contributed by atoms with van der Waals surface area (Å²) < 4.78 is 1.81. The van der Waals surface area contributed by atoms with Gasteiger partial charge in [-0.1, -0.05) is 35.9 Å². The van der Waals surface area contributed by atoms with Crippen LogP contribution in [0.1, 0.15) is 16.7 Å². The first-order valence-electron chi connectivity index (χ1n) is 8.02. The molecule has 0 saturated carbocycles. The Morgan fingerprint density at radius 3 is 2.64 bits per heavy atom. The molecule has 2 heterocycles. The molecule has 0 amide bonds. The van der Waals surface area contributed by atoms with Crippen LogP contribution in [0.15, 0.2) is 65.7 Å². The van der Waals surface area contributed by atoms with E-state index in [0.717, 1.165) is 27.8 Å². The van der Waals surface area contributed by atoms with Crippen LogP contribution in [0, 0.1) is 6.92 Å². The van der Waals surface area contributed by atoms with Crippen LogP contribution < -0.4 is 5.56 Å². The molecule has 4 rings (SSSR count). The van der Waals surface area contributed by atoms with Gasteiger partial charge in [0.2, 0.25) is 0 Å². The summed E-state index contributed by atoms with van der Waals surface area (Å²) in [5.74, 6) is 0. The van der Waals surface area contributed by atoms with E-state index in [4.69, 9.17) is 11.6 Å². The molecule has 0 radical (unpaired) electrons. The first-order chi connectivity index (χ1) is 12.1. The van der Waals surface area contributed by atoms with E-state index in [0.29, 0.717) is 17.0 Å². The van der Waals surface area contributed by atoms with Crippen molar-refractivity contribution in [3.8, 4) is 5.69 Å². The number of fused-ring (bicyclic) bond motifs is 1. The van der Waals surface area contributed by atoms with Crippen LogP contribution >= 0.6 is 11.6 Å². The smallest absolute Gasteiger partial charge is 0.252 e. The van der Waals surface area contributed by atoms with Crippen molar-refractivity contribution in [1.29, 1.82) is 0 Å². The van der Waals surface area contributed by atoms with Gasteiger partial charge >= 0.3 is 0 Å². The maximum atomic E-state index is 12.5. The van der Waals surface area contributed by atoms with Crippen LogP contribution in [0.2, 0.25) is 5.02 Å². The van der Waals surface area contributed by atoms with Crippen LogP contribution in [0.3, 0.4) is 0 Å². The van der Waals surface area contributed by atoms with Crippen molar-refractivity contribution >= 4 is 22.5 Å². The number of H-pyrrole nitrogens is 1. The van der Waals surface area contributed by atoms with Crippen molar-refractivity contribution in [2.75, 3.05) is 0 Å². The molecule has 2 aromatic carbocycles. The van der Waals surface area contributed by atoms with Gasteiger partial charge in [-0.2, -0.15) is 5.10 Å². The third-order valence-corrected chi connectivity index (χ3v) is 4.78. The first-order valence-corrected chi connectivity index (χ1v) is 8.40. The number of hydrogen-bond acceptors (Lipinski definition) is 2. The maximum absolute atomic E-state index is 12.5. The Labute approximate surface area is 149 Å². The second kappa shape index (κ2) is 6.22. The second-order valence-electron chi connectivity index (χ2n) is 6.01. The minimum Gasteiger partial charge on any atom is -0.320 e. The van der Waals surface area contributed by atoms with E-state index in [1.54, 1.807) is 16.9 Å². The second-order valence-corrected chi connectivity index (χ2v) is 6.42. The molecule has 1 N–H and O–H groups in total. The number of pyridine rings is 1. The summed E-state index contributed by atoms with van der Waals surface area (Å²) in [6.07, 6.45) is 4.22. The maximum Gasteiger partial charge on any atom is 0.252 e. The fourth-order valence-corrected chi connectivity index (χ4v) is 3.31. The number of aromatic amines is 1. The lowest BCUT2D eigenvalue weighted by Gasteiger charge is -2.10. The molecule has 0 spiro atoms. The van der Waals surface area contributed by atoms with Crippen LogP contribution in [0.25, 0.3) is 16.6 Å². The predicted molar refractivity (Wildman–Crippen MR) is 101 cm³/mol. The summed E-state index contributed by atoms with van der Waals surface area (Å²) in [6.45, 7) is 1.97. The number of aryl methyl sites for hydroxylation is 1. The number of aromatic nitrogens is 3. The van der Waals surface area contributed by atoms with E-state index in [-0.39, 0.29) is 5.56 Å². The van der Waals surface area contributed by atoms with Crippen LogP contribution in [-0.2, 0) is 6.42 Å². The van der Waals surface area contributed by atoms with Gasteiger partial charge in [0.05, 0.1) is 16.2 Å². The van der Waals surface area contributed by atoms with Crippen molar-refractivity contribution in [1.82, 2.24) is 14.8 Å². The van der Waals surface area contributed by atoms with E-state index >= 15 is 0 Å². The molecule has 0 fully saturated rings. The molecule has 0 bridgehead atoms. The predicted octanol–water partition coefficient (Wildman–Crippen LogP) is 4.27. The van der Waals surface area contributed by atoms with Gasteiger partial charge in [0, 0.05) is 29.8 Å². The average Bonchev–Trinajstić information content (AvgIpc) is 3.15. The Morgan fingerprint density at radius 2 is 1.92 bits per heavy atom. The monoisotopic (exact) mass is 349 g/mol. The third-order valence-electron chi connectivity index (χ3n) is 4.47. The highest BCUT2D eigenvalue weighted by molar-refractivity contribution is 6.35. The van der Waals surface area contributed by atoms with Crippen molar-refractivity contribution in [2.45, 2.75) is 13.3 Å². The highest BCUT2D eigenvalue weighted by atomic mass is 35.5. The average molecular weight is 350 g/mol. The van der Waals surface area contributed by atoms with Gasteiger partial charge < -0.3 is 4.98 Å². The van der Waals surface area contributed by atoms with Crippen molar-refractivity contribution in [2.24, 2.45) is 0 Å². The van der Waals surface area contributed by atoms with E-state index in [1.807, 2.05) is 55.6 Å². The van der Waals surface area contributed by atoms with Gasteiger partial charge in [0.15, 0.2) is 0 Å². The van der Waals surface area contributed by atoms with E-state index in [2.05, 4.69) is 10.1 Å². The zero-order valence-electron chi connectivity index (χ0n) is 13.7. The normalized spacial score (nSPS) is 11.1. The highest BCUT2D eigenvalue weighted by Crippen LogP contribution is 2.25. The van der Waals surface area contributed by atoms with Gasteiger partial charge in [-0.05, 0) is 42.3 Å². The first kappa shape index (κ1) is 15.7. The molecule has 0 unspecified atom stereocenters.